The van der Waals surface area contributed by atoms with Crippen LogP contribution in [0.25, 0.3) is 0 Å². The van der Waals surface area contributed by atoms with Gasteiger partial charge in [0.2, 0.25) is 11.8 Å². The summed E-state index contributed by atoms with van der Waals surface area (Å²) in [6.45, 7) is 0. The van der Waals surface area contributed by atoms with E-state index in [4.69, 9.17) is 0 Å². The van der Waals surface area contributed by atoms with Gasteiger partial charge in [0.05, 0.1) is 17.1 Å². The third-order valence-corrected chi connectivity index (χ3v) is 5.66. The second-order valence-corrected chi connectivity index (χ2v) is 7.17. The number of anilines is 1. The molecule has 0 bridgehead atoms. The predicted molar refractivity (Wildman–Crippen MR) is 84.7 cm³/mol. The number of nitrogens with one attached hydrogen (secondary N) is 1. The Kier molecular flexibility index (Phi) is 2.85. The maximum absolute atomic E-state index is 12.9. The summed E-state index contributed by atoms with van der Waals surface area (Å²) in [4.78, 5) is 26.1. The number of aliphatic hydroxyl groups excluding tert-OH is 1. The minimum Gasteiger partial charge on any atom is -0.372 e. The lowest BCUT2D eigenvalue weighted by molar-refractivity contribution is -0.129. The SMILES string of the molecule is O=C1CCC(N2C(=O)C3(CC3)c3cccc(I)c32)C(O)N1. The molecule has 4 rings (SSSR count). The Labute approximate surface area is 135 Å². The van der Waals surface area contributed by atoms with Gasteiger partial charge in [0.15, 0.2) is 0 Å². The van der Waals surface area contributed by atoms with Crippen LogP contribution < -0.4 is 10.2 Å². The molecule has 2 amide bonds. The molecule has 6 heteroatoms. The molecular formula is C15H15IN2O3. The van der Waals surface area contributed by atoms with Crippen molar-refractivity contribution in [2.75, 3.05) is 4.90 Å². The molecule has 2 aliphatic heterocycles. The fourth-order valence-electron chi connectivity index (χ4n) is 3.56. The van der Waals surface area contributed by atoms with Crippen molar-refractivity contribution in [2.24, 2.45) is 0 Å². The third kappa shape index (κ3) is 1.78. The van der Waals surface area contributed by atoms with Gasteiger partial charge >= 0.3 is 0 Å². The molecule has 1 saturated heterocycles. The summed E-state index contributed by atoms with van der Waals surface area (Å²) in [5, 5.41) is 12.7. The number of amides is 2. The van der Waals surface area contributed by atoms with E-state index in [1.54, 1.807) is 4.90 Å². The summed E-state index contributed by atoms with van der Waals surface area (Å²) in [5.74, 6) is -0.0728. The summed E-state index contributed by atoms with van der Waals surface area (Å²) >= 11 is 2.24. The molecule has 110 valence electrons. The van der Waals surface area contributed by atoms with Crippen LogP contribution in [0.5, 0.6) is 0 Å². The minimum absolute atomic E-state index is 0.0850. The van der Waals surface area contributed by atoms with Crippen molar-refractivity contribution in [3.63, 3.8) is 0 Å². The molecule has 1 aromatic rings. The van der Waals surface area contributed by atoms with E-state index in [1.807, 2.05) is 18.2 Å². The van der Waals surface area contributed by atoms with Crippen molar-refractivity contribution < 1.29 is 14.7 Å². The van der Waals surface area contributed by atoms with Gasteiger partial charge in [-0.1, -0.05) is 12.1 Å². The lowest BCUT2D eigenvalue weighted by Crippen LogP contribution is -2.57. The molecule has 2 N–H and O–H groups in total. The maximum Gasteiger partial charge on any atom is 0.238 e. The van der Waals surface area contributed by atoms with E-state index < -0.39 is 6.23 Å². The number of halogens is 1. The zero-order chi connectivity index (χ0) is 14.8. The van der Waals surface area contributed by atoms with Crippen LogP contribution in [-0.4, -0.2) is 29.2 Å². The first-order chi connectivity index (χ1) is 10.0. The molecule has 1 aliphatic carbocycles. The highest BCUT2D eigenvalue weighted by Gasteiger charge is 2.61. The Morgan fingerprint density at radius 2 is 2.10 bits per heavy atom. The number of piperidine rings is 1. The topological polar surface area (TPSA) is 69.6 Å². The second-order valence-electron chi connectivity index (χ2n) is 6.01. The van der Waals surface area contributed by atoms with Crippen LogP contribution in [-0.2, 0) is 15.0 Å². The fourth-order valence-corrected chi connectivity index (χ4v) is 4.32. The molecule has 21 heavy (non-hydrogen) atoms. The minimum atomic E-state index is -0.993. The quantitative estimate of drug-likeness (QED) is 0.701. The molecule has 2 heterocycles. The van der Waals surface area contributed by atoms with Crippen molar-refractivity contribution in [1.29, 1.82) is 0 Å². The number of para-hydroxylation sites is 1. The van der Waals surface area contributed by atoms with E-state index in [9.17, 15) is 14.7 Å². The third-order valence-electron chi connectivity index (χ3n) is 4.79. The Hall–Kier alpha value is -1.15. The number of carbonyl (C=O) groups excluding carboxylic acids is 2. The van der Waals surface area contributed by atoms with E-state index >= 15 is 0 Å². The lowest BCUT2D eigenvalue weighted by atomic mass is 9.98. The number of nitrogens with zero attached hydrogens (tertiary/aromatic N) is 1. The van der Waals surface area contributed by atoms with Crippen molar-refractivity contribution in [2.45, 2.75) is 43.4 Å². The number of carbonyl (C=O) groups is 2. The van der Waals surface area contributed by atoms with E-state index in [2.05, 4.69) is 27.9 Å². The van der Waals surface area contributed by atoms with Crippen molar-refractivity contribution >= 4 is 40.1 Å². The molecule has 1 spiro atoms. The van der Waals surface area contributed by atoms with E-state index in [-0.39, 0.29) is 23.3 Å². The van der Waals surface area contributed by atoms with Crippen molar-refractivity contribution in [1.82, 2.24) is 5.32 Å². The average molecular weight is 398 g/mol. The number of benzene rings is 1. The lowest BCUT2D eigenvalue weighted by Gasteiger charge is -2.36. The van der Waals surface area contributed by atoms with Gasteiger partial charge < -0.3 is 15.3 Å². The molecule has 1 aromatic carbocycles. The summed E-state index contributed by atoms with van der Waals surface area (Å²) < 4.78 is 1.02. The number of rotatable bonds is 1. The van der Waals surface area contributed by atoms with E-state index in [1.165, 1.54) is 0 Å². The summed E-state index contributed by atoms with van der Waals surface area (Å²) in [7, 11) is 0. The maximum atomic E-state index is 12.9. The van der Waals surface area contributed by atoms with Crippen LogP contribution in [0.15, 0.2) is 18.2 Å². The first-order valence-electron chi connectivity index (χ1n) is 7.15. The van der Waals surface area contributed by atoms with E-state index in [0.717, 1.165) is 27.7 Å². The van der Waals surface area contributed by atoms with Crippen molar-refractivity contribution in [3.8, 4) is 0 Å². The second kappa shape index (κ2) is 4.42. The van der Waals surface area contributed by atoms with Gasteiger partial charge in [0.25, 0.3) is 0 Å². The standard InChI is InChI=1S/C15H15IN2O3/c16-9-3-1-2-8-12(9)18(14(21)15(8)6-7-15)10-4-5-11(19)17-13(10)20/h1-3,10,13,20H,4-7H2,(H,17,19). The first-order valence-corrected chi connectivity index (χ1v) is 8.22. The van der Waals surface area contributed by atoms with Crippen LogP contribution in [0.2, 0.25) is 0 Å². The van der Waals surface area contributed by atoms with Crippen LogP contribution in [0.4, 0.5) is 5.69 Å². The van der Waals surface area contributed by atoms with Gasteiger partial charge in [-0.05, 0) is 53.5 Å². The van der Waals surface area contributed by atoms with Gasteiger partial charge in [-0.15, -0.1) is 0 Å². The Bertz CT molecular complexity index is 656. The normalized spacial score (nSPS) is 29.5. The summed E-state index contributed by atoms with van der Waals surface area (Å²) in [6.07, 6.45) is 1.61. The zero-order valence-corrected chi connectivity index (χ0v) is 13.5. The Morgan fingerprint density at radius 3 is 2.76 bits per heavy atom. The molecule has 1 saturated carbocycles. The molecule has 2 fully saturated rings. The molecule has 2 atom stereocenters. The van der Waals surface area contributed by atoms with E-state index in [0.29, 0.717) is 12.8 Å². The smallest absolute Gasteiger partial charge is 0.238 e. The van der Waals surface area contributed by atoms with Crippen LogP contribution >= 0.6 is 22.6 Å². The largest absolute Gasteiger partial charge is 0.372 e. The summed E-state index contributed by atoms with van der Waals surface area (Å²) in [5.41, 5.74) is 1.65. The highest BCUT2D eigenvalue weighted by atomic mass is 127. The highest BCUT2D eigenvalue weighted by Crippen LogP contribution is 2.59. The average Bonchev–Trinajstić information content (AvgIpc) is 3.19. The van der Waals surface area contributed by atoms with Gasteiger partial charge in [-0.2, -0.15) is 0 Å². The number of fused-ring (bicyclic) bond motifs is 2. The molecule has 2 unspecified atom stereocenters. The summed E-state index contributed by atoms with van der Waals surface area (Å²) in [6, 6.07) is 5.62. The molecular weight excluding hydrogens is 383 g/mol. The molecule has 0 aromatic heterocycles. The number of hydrogen-bond acceptors (Lipinski definition) is 3. The molecule has 3 aliphatic rings. The number of hydrogen-bond donors (Lipinski definition) is 2. The zero-order valence-electron chi connectivity index (χ0n) is 11.3. The van der Waals surface area contributed by atoms with Gasteiger partial charge in [0, 0.05) is 9.99 Å². The molecule has 0 radical (unpaired) electrons. The van der Waals surface area contributed by atoms with Gasteiger partial charge in [-0.3, -0.25) is 9.59 Å². The van der Waals surface area contributed by atoms with Gasteiger partial charge in [-0.25, -0.2) is 0 Å². The van der Waals surface area contributed by atoms with Crippen molar-refractivity contribution in [3.05, 3.63) is 27.3 Å². The predicted octanol–water partition coefficient (Wildman–Crippen LogP) is 1.27. The Balaban J connectivity index is 1.80. The monoisotopic (exact) mass is 398 g/mol. The van der Waals surface area contributed by atoms with Gasteiger partial charge in [0.1, 0.15) is 6.23 Å². The van der Waals surface area contributed by atoms with Crippen LogP contribution in [0, 0.1) is 3.57 Å². The molecule has 5 nitrogen and oxygen atoms in total. The van der Waals surface area contributed by atoms with Crippen LogP contribution in [0.3, 0.4) is 0 Å². The first kappa shape index (κ1) is 13.5. The Morgan fingerprint density at radius 1 is 1.33 bits per heavy atom. The van der Waals surface area contributed by atoms with Crippen LogP contribution in [0.1, 0.15) is 31.2 Å². The number of aliphatic hydroxyl groups is 1. The fraction of sp³-hybridized carbons (Fsp3) is 0.467. The highest BCUT2D eigenvalue weighted by molar-refractivity contribution is 14.1.